The van der Waals surface area contributed by atoms with Crippen molar-refractivity contribution in [2.24, 2.45) is 0 Å². The number of aryl methyl sites for hydroxylation is 1. The lowest BCUT2D eigenvalue weighted by Crippen LogP contribution is -2.34. The maximum atomic E-state index is 13.2. The van der Waals surface area contributed by atoms with Gasteiger partial charge in [0.15, 0.2) is 6.61 Å². The molecular formula is C19H20FN3O3S. The summed E-state index contributed by atoms with van der Waals surface area (Å²) >= 11 is 1.23. The Bertz CT molecular complexity index is 974. The van der Waals surface area contributed by atoms with Crippen molar-refractivity contribution in [3.63, 3.8) is 0 Å². The monoisotopic (exact) mass is 389 g/mol. The molecule has 0 aliphatic carbocycles. The van der Waals surface area contributed by atoms with E-state index in [0.717, 1.165) is 15.9 Å². The molecule has 1 amide bonds. The van der Waals surface area contributed by atoms with Crippen LogP contribution in [0.5, 0.6) is 0 Å². The van der Waals surface area contributed by atoms with E-state index in [9.17, 15) is 14.0 Å². The molecule has 0 aliphatic heterocycles. The molecule has 0 spiro atoms. The van der Waals surface area contributed by atoms with Gasteiger partial charge < -0.3 is 9.64 Å². The van der Waals surface area contributed by atoms with Crippen LogP contribution in [-0.4, -0.2) is 46.3 Å². The number of ether oxygens (including phenoxy) is 1. The number of thiophene rings is 1. The lowest BCUT2D eigenvalue weighted by molar-refractivity contribution is -0.134. The van der Waals surface area contributed by atoms with Gasteiger partial charge in [-0.25, -0.2) is 13.9 Å². The third-order valence-electron chi connectivity index (χ3n) is 4.26. The molecule has 0 fully saturated rings. The van der Waals surface area contributed by atoms with Crippen LogP contribution in [0.2, 0.25) is 0 Å². The highest BCUT2D eigenvalue weighted by Gasteiger charge is 2.20. The second-order valence-electron chi connectivity index (χ2n) is 5.95. The summed E-state index contributed by atoms with van der Waals surface area (Å²) in [6, 6.07) is 7.69. The molecule has 6 nitrogen and oxygen atoms in total. The van der Waals surface area contributed by atoms with Crippen molar-refractivity contribution in [3.05, 3.63) is 46.7 Å². The van der Waals surface area contributed by atoms with Crippen LogP contribution in [0.1, 0.15) is 29.2 Å². The first-order valence-corrected chi connectivity index (χ1v) is 9.46. The van der Waals surface area contributed by atoms with Crippen LogP contribution in [0.4, 0.5) is 4.39 Å². The van der Waals surface area contributed by atoms with E-state index in [0.29, 0.717) is 23.7 Å². The molecule has 2 aromatic heterocycles. The minimum atomic E-state index is -0.540. The number of benzene rings is 1. The Hall–Kier alpha value is -2.74. The van der Waals surface area contributed by atoms with Crippen LogP contribution in [0.3, 0.4) is 0 Å². The second-order valence-corrected chi connectivity index (χ2v) is 6.98. The molecule has 0 atom stereocenters. The molecule has 0 aliphatic rings. The van der Waals surface area contributed by atoms with E-state index in [2.05, 4.69) is 5.10 Å². The van der Waals surface area contributed by atoms with Crippen molar-refractivity contribution in [1.82, 2.24) is 14.7 Å². The van der Waals surface area contributed by atoms with Gasteiger partial charge in [-0.1, -0.05) is 0 Å². The van der Waals surface area contributed by atoms with Gasteiger partial charge in [0.1, 0.15) is 15.5 Å². The summed E-state index contributed by atoms with van der Waals surface area (Å²) in [7, 11) is 0. The number of hydrogen-bond donors (Lipinski definition) is 0. The Morgan fingerprint density at radius 3 is 2.52 bits per heavy atom. The fourth-order valence-electron chi connectivity index (χ4n) is 2.77. The van der Waals surface area contributed by atoms with Gasteiger partial charge in [-0.15, -0.1) is 11.3 Å². The molecule has 0 saturated heterocycles. The molecule has 27 heavy (non-hydrogen) atoms. The number of likely N-dealkylation sites (N-methyl/N-ethyl adjacent to an activating group) is 1. The number of aromatic nitrogens is 2. The van der Waals surface area contributed by atoms with Crippen LogP contribution >= 0.6 is 11.3 Å². The molecule has 0 saturated carbocycles. The Morgan fingerprint density at radius 2 is 1.89 bits per heavy atom. The summed E-state index contributed by atoms with van der Waals surface area (Å²) in [6.45, 7) is 6.45. The molecule has 142 valence electrons. The summed E-state index contributed by atoms with van der Waals surface area (Å²) in [5.74, 6) is -1.09. The fourth-order valence-corrected chi connectivity index (χ4v) is 3.85. The van der Waals surface area contributed by atoms with Crippen LogP contribution in [0.25, 0.3) is 15.9 Å². The van der Waals surface area contributed by atoms with E-state index in [1.54, 1.807) is 27.8 Å². The Labute approximate surface area is 160 Å². The van der Waals surface area contributed by atoms with Crippen LogP contribution in [-0.2, 0) is 9.53 Å². The predicted octanol–water partition coefficient (Wildman–Crippen LogP) is 3.56. The molecule has 0 radical (unpaired) electrons. The number of nitrogens with zero attached hydrogens (tertiary/aromatic N) is 3. The van der Waals surface area contributed by atoms with E-state index in [-0.39, 0.29) is 18.3 Å². The van der Waals surface area contributed by atoms with Crippen molar-refractivity contribution < 1.29 is 18.7 Å². The number of fused-ring (bicyclic) bond motifs is 1. The van der Waals surface area contributed by atoms with Gasteiger partial charge in [0.25, 0.3) is 5.91 Å². The molecule has 3 rings (SSSR count). The van der Waals surface area contributed by atoms with E-state index in [1.807, 2.05) is 20.8 Å². The van der Waals surface area contributed by atoms with Gasteiger partial charge in [-0.3, -0.25) is 4.79 Å². The number of carbonyl (C=O) groups is 2. The van der Waals surface area contributed by atoms with Gasteiger partial charge >= 0.3 is 5.97 Å². The van der Waals surface area contributed by atoms with Gasteiger partial charge in [0.2, 0.25) is 0 Å². The smallest absolute Gasteiger partial charge is 0.348 e. The first kappa shape index (κ1) is 19.0. The zero-order valence-electron chi connectivity index (χ0n) is 15.4. The number of rotatable bonds is 6. The second kappa shape index (κ2) is 7.87. The number of amides is 1. The zero-order valence-corrected chi connectivity index (χ0v) is 16.2. The third-order valence-corrected chi connectivity index (χ3v) is 5.35. The number of hydrogen-bond acceptors (Lipinski definition) is 5. The Kier molecular flexibility index (Phi) is 5.55. The molecule has 0 unspecified atom stereocenters. The number of esters is 1. The highest BCUT2D eigenvalue weighted by Crippen LogP contribution is 2.30. The van der Waals surface area contributed by atoms with Crippen molar-refractivity contribution >= 4 is 33.4 Å². The van der Waals surface area contributed by atoms with Crippen molar-refractivity contribution in [2.75, 3.05) is 19.7 Å². The summed E-state index contributed by atoms with van der Waals surface area (Å²) in [5.41, 5.74) is 1.46. The molecule has 8 heteroatoms. The highest BCUT2D eigenvalue weighted by molar-refractivity contribution is 7.20. The van der Waals surface area contributed by atoms with Crippen LogP contribution < -0.4 is 0 Å². The summed E-state index contributed by atoms with van der Waals surface area (Å²) in [5, 5.41) is 5.29. The Balaban J connectivity index is 1.82. The first-order valence-electron chi connectivity index (χ1n) is 8.64. The summed E-state index contributed by atoms with van der Waals surface area (Å²) < 4.78 is 20.0. The summed E-state index contributed by atoms with van der Waals surface area (Å²) in [4.78, 5) is 27.1. The van der Waals surface area contributed by atoms with Crippen molar-refractivity contribution in [1.29, 1.82) is 0 Å². The predicted molar refractivity (Wildman–Crippen MR) is 102 cm³/mol. The van der Waals surface area contributed by atoms with Gasteiger partial charge in [-0.05, 0) is 51.1 Å². The number of halogens is 1. The first-order chi connectivity index (χ1) is 12.9. The topological polar surface area (TPSA) is 64.4 Å². The molecule has 0 N–H and O–H groups in total. The fraction of sp³-hybridized carbons (Fsp3) is 0.316. The largest absolute Gasteiger partial charge is 0.451 e. The standard InChI is InChI=1S/C19H20FN3O3S/c1-4-22(5-2)17(24)11-26-19(25)16-10-15-12(3)21-23(18(15)27-16)14-8-6-13(20)7-9-14/h6-10H,4-5,11H2,1-3H3. The summed E-state index contributed by atoms with van der Waals surface area (Å²) in [6.07, 6.45) is 0. The SMILES string of the molecule is CCN(CC)C(=O)COC(=O)c1cc2c(C)nn(-c3ccc(F)cc3)c2s1. The minimum absolute atomic E-state index is 0.219. The van der Waals surface area contributed by atoms with Gasteiger partial charge in [0, 0.05) is 18.5 Å². The van der Waals surface area contributed by atoms with E-state index < -0.39 is 5.97 Å². The number of carbonyl (C=O) groups excluding carboxylic acids is 2. The lowest BCUT2D eigenvalue weighted by Gasteiger charge is -2.17. The van der Waals surface area contributed by atoms with Crippen LogP contribution in [0, 0.1) is 12.7 Å². The third kappa shape index (κ3) is 3.85. The van der Waals surface area contributed by atoms with E-state index in [4.69, 9.17) is 4.74 Å². The molecule has 0 bridgehead atoms. The Morgan fingerprint density at radius 1 is 1.22 bits per heavy atom. The minimum Gasteiger partial charge on any atom is -0.451 e. The molecule has 2 heterocycles. The van der Waals surface area contributed by atoms with E-state index in [1.165, 1.54) is 23.5 Å². The average molecular weight is 389 g/mol. The molecular weight excluding hydrogens is 369 g/mol. The van der Waals surface area contributed by atoms with E-state index >= 15 is 0 Å². The quantitative estimate of drug-likeness (QED) is 0.605. The van der Waals surface area contributed by atoms with Crippen molar-refractivity contribution in [3.8, 4) is 5.69 Å². The lowest BCUT2D eigenvalue weighted by atomic mass is 10.3. The maximum Gasteiger partial charge on any atom is 0.348 e. The van der Waals surface area contributed by atoms with Crippen LogP contribution in [0.15, 0.2) is 30.3 Å². The molecule has 1 aromatic carbocycles. The van der Waals surface area contributed by atoms with Gasteiger partial charge in [0.05, 0.1) is 11.4 Å². The molecule has 3 aromatic rings. The van der Waals surface area contributed by atoms with Gasteiger partial charge in [-0.2, -0.15) is 5.10 Å². The average Bonchev–Trinajstić information content (AvgIpc) is 3.22. The normalized spacial score (nSPS) is 11.0. The zero-order chi connectivity index (χ0) is 19.6. The van der Waals surface area contributed by atoms with Crippen molar-refractivity contribution in [2.45, 2.75) is 20.8 Å². The maximum absolute atomic E-state index is 13.2. The highest BCUT2D eigenvalue weighted by atomic mass is 32.1.